The zero-order valence-corrected chi connectivity index (χ0v) is 10.6. The molecule has 0 amide bonds. The Balaban J connectivity index is 1.77. The summed E-state index contributed by atoms with van der Waals surface area (Å²) in [5.41, 5.74) is 6.89. The van der Waals surface area contributed by atoms with Crippen LogP contribution in [0.25, 0.3) is 0 Å². The molecule has 0 fully saturated rings. The van der Waals surface area contributed by atoms with Crippen LogP contribution in [0.3, 0.4) is 0 Å². The predicted octanol–water partition coefficient (Wildman–Crippen LogP) is 3.23. The third kappa shape index (κ3) is 2.48. The van der Waals surface area contributed by atoms with Gasteiger partial charge in [-0.25, -0.2) is 0 Å². The number of rotatable bonds is 3. The van der Waals surface area contributed by atoms with Crippen molar-refractivity contribution in [2.75, 3.05) is 6.79 Å². The molecule has 98 valence electrons. The summed E-state index contributed by atoms with van der Waals surface area (Å²) in [6.45, 7) is 2.22. The Hall–Kier alpha value is -2.20. The molecule has 0 unspecified atom stereocenters. The van der Waals surface area contributed by atoms with Gasteiger partial charge in [0.2, 0.25) is 6.79 Å². The lowest BCUT2D eigenvalue weighted by molar-refractivity contribution is 0.174. The summed E-state index contributed by atoms with van der Waals surface area (Å²) in [6, 6.07) is 13.3. The first kappa shape index (κ1) is 11.9. The van der Waals surface area contributed by atoms with Gasteiger partial charge < -0.3 is 19.9 Å². The van der Waals surface area contributed by atoms with Gasteiger partial charge in [0.15, 0.2) is 11.5 Å². The lowest BCUT2D eigenvalue weighted by Gasteiger charge is -2.09. The van der Waals surface area contributed by atoms with Crippen molar-refractivity contribution in [1.29, 1.82) is 0 Å². The molecule has 4 heteroatoms. The SMILES string of the molecule is C[C@@H](N)c1ccc(Oc2ccc3c(c2)OCO3)cc1. The lowest BCUT2D eigenvalue weighted by Crippen LogP contribution is -2.04. The summed E-state index contributed by atoms with van der Waals surface area (Å²) in [6.07, 6.45) is 0. The van der Waals surface area contributed by atoms with Gasteiger partial charge in [-0.1, -0.05) is 12.1 Å². The number of fused-ring (bicyclic) bond motifs is 1. The van der Waals surface area contributed by atoms with Crippen LogP contribution in [0.15, 0.2) is 42.5 Å². The number of nitrogens with two attached hydrogens (primary N) is 1. The average molecular weight is 257 g/mol. The van der Waals surface area contributed by atoms with Gasteiger partial charge in [-0.15, -0.1) is 0 Å². The van der Waals surface area contributed by atoms with Crippen molar-refractivity contribution < 1.29 is 14.2 Å². The Kier molecular flexibility index (Phi) is 3.01. The number of benzene rings is 2. The van der Waals surface area contributed by atoms with Crippen LogP contribution in [0.4, 0.5) is 0 Å². The average Bonchev–Trinajstić information content (AvgIpc) is 2.87. The third-order valence-electron chi connectivity index (χ3n) is 2.99. The quantitative estimate of drug-likeness (QED) is 0.917. The molecule has 1 heterocycles. The second kappa shape index (κ2) is 4.82. The fourth-order valence-corrected chi connectivity index (χ4v) is 1.92. The first-order chi connectivity index (χ1) is 9.22. The summed E-state index contributed by atoms with van der Waals surface area (Å²) < 4.78 is 16.3. The van der Waals surface area contributed by atoms with Gasteiger partial charge in [-0.3, -0.25) is 0 Å². The van der Waals surface area contributed by atoms with Crippen molar-refractivity contribution >= 4 is 0 Å². The molecule has 2 aromatic rings. The van der Waals surface area contributed by atoms with E-state index < -0.39 is 0 Å². The zero-order valence-electron chi connectivity index (χ0n) is 10.6. The molecule has 0 aromatic heterocycles. The van der Waals surface area contributed by atoms with Crippen LogP contribution in [-0.4, -0.2) is 6.79 Å². The van der Waals surface area contributed by atoms with Crippen molar-refractivity contribution in [2.24, 2.45) is 5.73 Å². The minimum atomic E-state index is 0.0274. The number of ether oxygens (including phenoxy) is 3. The fourth-order valence-electron chi connectivity index (χ4n) is 1.92. The van der Waals surface area contributed by atoms with E-state index in [-0.39, 0.29) is 12.8 Å². The molecular weight excluding hydrogens is 242 g/mol. The van der Waals surface area contributed by atoms with Gasteiger partial charge in [-0.2, -0.15) is 0 Å². The molecule has 19 heavy (non-hydrogen) atoms. The molecule has 0 radical (unpaired) electrons. The maximum atomic E-state index is 5.81. The molecule has 1 atom stereocenters. The van der Waals surface area contributed by atoms with Crippen molar-refractivity contribution in [3.63, 3.8) is 0 Å². The van der Waals surface area contributed by atoms with Crippen molar-refractivity contribution in [3.8, 4) is 23.0 Å². The highest BCUT2D eigenvalue weighted by atomic mass is 16.7. The lowest BCUT2D eigenvalue weighted by atomic mass is 10.1. The van der Waals surface area contributed by atoms with E-state index >= 15 is 0 Å². The molecule has 0 aliphatic carbocycles. The molecule has 4 nitrogen and oxygen atoms in total. The van der Waals surface area contributed by atoms with Crippen LogP contribution in [0.1, 0.15) is 18.5 Å². The van der Waals surface area contributed by atoms with Crippen LogP contribution in [0.5, 0.6) is 23.0 Å². The van der Waals surface area contributed by atoms with E-state index in [1.54, 1.807) is 0 Å². The number of hydrogen-bond acceptors (Lipinski definition) is 4. The van der Waals surface area contributed by atoms with Gasteiger partial charge in [-0.05, 0) is 36.8 Å². The third-order valence-corrected chi connectivity index (χ3v) is 2.99. The summed E-state index contributed by atoms with van der Waals surface area (Å²) in [5, 5.41) is 0. The maximum Gasteiger partial charge on any atom is 0.231 e. The standard InChI is InChI=1S/C15H15NO3/c1-10(16)11-2-4-12(5-3-11)19-13-6-7-14-15(8-13)18-9-17-14/h2-8,10H,9,16H2,1H3/t10-/m1/s1. The largest absolute Gasteiger partial charge is 0.457 e. The molecule has 2 N–H and O–H groups in total. The predicted molar refractivity (Wildman–Crippen MR) is 71.7 cm³/mol. The molecule has 1 aliphatic rings. The van der Waals surface area contributed by atoms with E-state index in [9.17, 15) is 0 Å². The first-order valence-corrected chi connectivity index (χ1v) is 6.15. The summed E-state index contributed by atoms with van der Waals surface area (Å²) >= 11 is 0. The minimum Gasteiger partial charge on any atom is -0.457 e. The molecule has 3 rings (SSSR count). The normalized spacial score (nSPS) is 14.2. The molecule has 2 aromatic carbocycles. The highest BCUT2D eigenvalue weighted by molar-refractivity contribution is 5.48. The van der Waals surface area contributed by atoms with Gasteiger partial charge in [0.1, 0.15) is 11.5 Å². The summed E-state index contributed by atoms with van der Waals surface area (Å²) in [5.74, 6) is 2.95. The Bertz CT molecular complexity index is 578. The van der Waals surface area contributed by atoms with Gasteiger partial charge in [0.25, 0.3) is 0 Å². The fraction of sp³-hybridized carbons (Fsp3) is 0.200. The smallest absolute Gasteiger partial charge is 0.231 e. The van der Waals surface area contributed by atoms with Crippen LogP contribution in [0, 0.1) is 0 Å². The van der Waals surface area contributed by atoms with Crippen LogP contribution in [0.2, 0.25) is 0 Å². The van der Waals surface area contributed by atoms with Crippen LogP contribution < -0.4 is 19.9 Å². The molecule has 0 bridgehead atoms. The van der Waals surface area contributed by atoms with E-state index in [1.807, 2.05) is 49.4 Å². The maximum absolute atomic E-state index is 5.81. The van der Waals surface area contributed by atoms with E-state index in [2.05, 4.69) is 0 Å². The van der Waals surface area contributed by atoms with Crippen molar-refractivity contribution in [3.05, 3.63) is 48.0 Å². The van der Waals surface area contributed by atoms with E-state index in [0.29, 0.717) is 5.75 Å². The van der Waals surface area contributed by atoms with Gasteiger partial charge >= 0.3 is 0 Å². The van der Waals surface area contributed by atoms with Gasteiger partial charge in [0, 0.05) is 12.1 Å². The minimum absolute atomic E-state index is 0.0274. The van der Waals surface area contributed by atoms with Gasteiger partial charge in [0.05, 0.1) is 0 Å². The molecule has 0 spiro atoms. The molecular formula is C15H15NO3. The first-order valence-electron chi connectivity index (χ1n) is 6.15. The van der Waals surface area contributed by atoms with Crippen molar-refractivity contribution in [2.45, 2.75) is 13.0 Å². The Labute approximate surface area is 111 Å². The monoisotopic (exact) mass is 257 g/mol. The zero-order chi connectivity index (χ0) is 13.2. The van der Waals surface area contributed by atoms with E-state index in [0.717, 1.165) is 22.8 Å². The van der Waals surface area contributed by atoms with Crippen LogP contribution >= 0.6 is 0 Å². The second-order valence-electron chi connectivity index (χ2n) is 4.47. The highest BCUT2D eigenvalue weighted by Gasteiger charge is 2.13. The Morgan fingerprint density at radius 2 is 1.68 bits per heavy atom. The molecule has 0 saturated carbocycles. The Morgan fingerprint density at radius 1 is 1.00 bits per heavy atom. The molecule has 1 aliphatic heterocycles. The second-order valence-corrected chi connectivity index (χ2v) is 4.47. The van der Waals surface area contributed by atoms with Crippen molar-refractivity contribution in [1.82, 2.24) is 0 Å². The topological polar surface area (TPSA) is 53.7 Å². The summed E-state index contributed by atoms with van der Waals surface area (Å²) in [4.78, 5) is 0. The highest BCUT2D eigenvalue weighted by Crippen LogP contribution is 2.36. The van der Waals surface area contributed by atoms with Crippen LogP contribution in [-0.2, 0) is 0 Å². The van der Waals surface area contributed by atoms with E-state index in [1.165, 1.54) is 0 Å². The Morgan fingerprint density at radius 3 is 2.42 bits per heavy atom. The summed E-state index contributed by atoms with van der Waals surface area (Å²) in [7, 11) is 0. The molecule has 0 saturated heterocycles. The number of hydrogen-bond donors (Lipinski definition) is 1. The van der Waals surface area contributed by atoms with E-state index in [4.69, 9.17) is 19.9 Å².